The maximum absolute atomic E-state index is 13.3. The molecule has 1 atom stereocenters. The maximum Gasteiger partial charge on any atom is 0.295 e. The van der Waals surface area contributed by atoms with Crippen LogP contribution in [0.2, 0.25) is 0 Å². The van der Waals surface area contributed by atoms with Crippen LogP contribution in [0.4, 0.5) is 0 Å². The first kappa shape index (κ1) is 23.9. The third kappa shape index (κ3) is 4.97. The first-order chi connectivity index (χ1) is 18.0. The van der Waals surface area contributed by atoms with Gasteiger partial charge in [-0.1, -0.05) is 30.3 Å². The Kier molecular flexibility index (Phi) is 6.76. The molecule has 0 saturated carbocycles. The molecule has 1 N–H and O–H groups in total. The normalized spacial score (nSPS) is 16.7. The lowest BCUT2D eigenvalue weighted by Gasteiger charge is -2.25. The second-order valence-electron chi connectivity index (χ2n) is 8.82. The van der Waals surface area contributed by atoms with E-state index in [0.717, 1.165) is 16.7 Å². The fraction of sp³-hybridized carbons (Fsp3) is 0.133. The number of pyridine rings is 2. The van der Waals surface area contributed by atoms with Gasteiger partial charge in [0.2, 0.25) is 0 Å². The number of carbonyl (C=O) groups is 2. The van der Waals surface area contributed by atoms with Gasteiger partial charge in [0.05, 0.1) is 11.6 Å². The highest BCUT2D eigenvalue weighted by Crippen LogP contribution is 2.40. The van der Waals surface area contributed by atoms with Crippen molar-refractivity contribution in [1.29, 1.82) is 0 Å². The topological polar surface area (TPSA) is 92.6 Å². The molecular weight excluding hydrogens is 466 g/mol. The van der Waals surface area contributed by atoms with Crippen LogP contribution in [0.1, 0.15) is 33.9 Å². The molecule has 1 amide bonds. The van der Waals surface area contributed by atoms with Gasteiger partial charge >= 0.3 is 0 Å². The average Bonchev–Trinajstić information content (AvgIpc) is 3.18. The fourth-order valence-electron chi connectivity index (χ4n) is 4.47. The lowest BCUT2D eigenvalue weighted by atomic mass is 9.95. The van der Waals surface area contributed by atoms with Gasteiger partial charge in [0.1, 0.15) is 18.1 Å². The Morgan fingerprint density at radius 2 is 1.57 bits per heavy atom. The minimum Gasteiger partial charge on any atom is -0.507 e. The predicted octanol–water partition coefficient (Wildman–Crippen LogP) is 4.99. The molecule has 0 spiro atoms. The Hall–Kier alpha value is -4.78. The van der Waals surface area contributed by atoms with E-state index in [1.807, 2.05) is 37.3 Å². The quantitative estimate of drug-likeness (QED) is 0.223. The Morgan fingerprint density at radius 1 is 0.892 bits per heavy atom. The number of amides is 1. The summed E-state index contributed by atoms with van der Waals surface area (Å²) in [6.45, 7) is 2.48. The summed E-state index contributed by atoms with van der Waals surface area (Å²) in [6.07, 6.45) is 6.48. The molecule has 4 aromatic rings. The molecule has 0 radical (unpaired) electrons. The molecule has 0 aliphatic carbocycles. The maximum atomic E-state index is 13.3. The van der Waals surface area contributed by atoms with Crippen molar-refractivity contribution in [3.8, 4) is 5.75 Å². The van der Waals surface area contributed by atoms with Gasteiger partial charge in [0, 0.05) is 36.9 Å². The van der Waals surface area contributed by atoms with Crippen LogP contribution < -0.4 is 4.74 Å². The van der Waals surface area contributed by atoms with Crippen LogP contribution in [0.3, 0.4) is 0 Å². The van der Waals surface area contributed by atoms with Gasteiger partial charge in [-0.05, 0) is 71.6 Å². The molecule has 2 aromatic heterocycles. The number of likely N-dealkylation sites (tertiary alicyclic amines) is 1. The number of ether oxygens (including phenoxy) is 1. The van der Waals surface area contributed by atoms with E-state index in [2.05, 4.69) is 9.97 Å². The standard InChI is InChI=1S/C30H25N3O4/c1-20-17-24(7-8-25(20)37-19-22-5-3-2-4-6-22)28(34)26-27(23-11-15-32-16-12-23)33(30(36)29(26)35)18-21-9-13-31-14-10-21/h2-17,27,34H,18-19H2,1H3/b28-26+. The SMILES string of the molecule is Cc1cc(/C(O)=C2\C(=O)C(=O)N(Cc3ccncc3)C2c2ccncc2)ccc1OCc1ccccc1. The van der Waals surface area contributed by atoms with E-state index in [0.29, 0.717) is 23.5 Å². The molecule has 37 heavy (non-hydrogen) atoms. The minimum absolute atomic E-state index is 0.0441. The predicted molar refractivity (Wildman–Crippen MR) is 138 cm³/mol. The van der Waals surface area contributed by atoms with Crippen LogP contribution in [-0.2, 0) is 22.7 Å². The number of carbonyl (C=O) groups excluding carboxylic acids is 2. The molecule has 1 fully saturated rings. The van der Waals surface area contributed by atoms with Gasteiger partial charge in [-0.15, -0.1) is 0 Å². The van der Waals surface area contributed by atoms with E-state index in [-0.39, 0.29) is 17.9 Å². The molecule has 1 saturated heterocycles. The molecule has 7 nitrogen and oxygen atoms in total. The highest BCUT2D eigenvalue weighted by molar-refractivity contribution is 6.46. The number of aromatic nitrogens is 2. The lowest BCUT2D eigenvalue weighted by molar-refractivity contribution is -0.140. The van der Waals surface area contributed by atoms with Crippen molar-refractivity contribution < 1.29 is 19.4 Å². The summed E-state index contributed by atoms with van der Waals surface area (Å²) < 4.78 is 5.96. The van der Waals surface area contributed by atoms with Gasteiger partial charge in [0.25, 0.3) is 11.7 Å². The van der Waals surface area contributed by atoms with Crippen molar-refractivity contribution >= 4 is 17.4 Å². The van der Waals surface area contributed by atoms with E-state index >= 15 is 0 Å². The first-order valence-electron chi connectivity index (χ1n) is 11.9. The van der Waals surface area contributed by atoms with Crippen molar-refractivity contribution in [2.24, 2.45) is 0 Å². The van der Waals surface area contributed by atoms with Gasteiger partial charge in [-0.3, -0.25) is 19.6 Å². The average molecular weight is 492 g/mol. The number of ketones is 1. The van der Waals surface area contributed by atoms with Crippen molar-refractivity contribution in [3.05, 3.63) is 131 Å². The van der Waals surface area contributed by atoms with E-state index in [9.17, 15) is 14.7 Å². The van der Waals surface area contributed by atoms with Gasteiger partial charge in [-0.25, -0.2) is 0 Å². The van der Waals surface area contributed by atoms with Crippen LogP contribution in [0.15, 0.2) is 103 Å². The molecule has 5 rings (SSSR count). The number of aryl methyl sites for hydroxylation is 1. The molecule has 1 aliphatic rings. The van der Waals surface area contributed by atoms with Crippen molar-refractivity contribution in [1.82, 2.24) is 14.9 Å². The van der Waals surface area contributed by atoms with Crippen LogP contribution in [0.25, 0.3) is 5.76 Å². The molecule has 1 aliphatic heterocycles. The summed E-state index contributed by atoms with van der Waals surface area (Å²) in [6, 6.07) is 21.4. The lowest BCUT2D eigenvalue weighted by Crippen LogP contribution is -2.29. The molecule has 2 aromatic carbocycles. The summed E-state index contributed by atoms with van der Waals surface area (Å²) in [5.41, 5.74) is 3.83. The summed E-state index contributed by atoms with van der Waals surface area (Å²) in [4.78, 5) is 36.0. The number of hydrogen-bond donors (Lipinski definition) is 1. The summed E-state index contributed by atoms with van der Waals surface area (Å²) in [5, 5.41) is 11.4. The summed E-state index contributed by atoms with van der Waals surface area (Å²) in [5.74, 6) is -0.950. The van der Waals surface area contributed by atoms with E-state index in [4.69, 9.17) is 4.74 Å². The number of aliphatic hydroxyl groups is 1. The third-order valence-corrected chi connectivity index (χ3v) is 6.35. The monoisotopic (exact) mass is 491 g/mol. The minimum atomic E-state index is -0.759. The van der Waals surface area contributed by atoms with Crippen molar-refractivity contribution in [3.63, 3.8) is 0 Å². The number of rotatable bonds is 7. The summed E-state index contributed by atoms with van der Waals surface area (Å²) in [7, 11) is 0. The molecular formula is C30H25N3O4. The van der Waals surface area contributed by atoms with E-state index in [1.165, 1.54) is 4.90 Å². The van der Waals surface area contributed by atoms with Gasteiger partial charge < -0.3 is 14.7 Å². The van der Waals surface area contributed by atoms with Crippen LogP contribution in [0, 0.1) is 6.92 Å². The van der Waals surface area contributed by atoms with Crippen molar-refractivity contribution in [2.75, 3.05) is 0 Å². The largest absolute Gasteiger partial charge is 0.507 e. The fourth-order valence-corrected chi connectivity index (χ4v) is 4.47. The zero-order chi connectivity index (χ0) is 25.8. The van der Waals surface area contributed by atoms with Crippen molar-refractivity contribution in [2.45, 2.75) is 26.1 Å². The molecule has 7 heteroatoms. The number of benzene rings is 2. The Balaban J connectivity index is 1.50. The molecule has 1 unspecified atom stereocenters. The Morgan fingerprint density at radius 3 is 2.24 bits per heavy atom. The van der Waals surface area contributed by atoms with Gasteiger partial charge in [-0.2, -0.15) is 0 Å². The van der Waals surface area contributed by atoms with Crippen LogP contribution >= 0.6 is 0 Å². The molecule has 0 bridgehead atoms. The zero-order valence-corrected chi connectivity index (χ0v) is 20.2. The second kappa shape index (κ2) is 10.5. The number of Topliss-reactive ketones (excluding diaryl/α,β-unsaturated/α-hetero) is 1. The highest BCUT2D eigenvalue weighted by atomic mass is 16.5. The van der Waals surface area contributed by atoms with Crippen LogP contribution in [-0.4, -0.2) is 31.7 Å². The zero-order valence-electron chi connectivity index (χ0n) is 20.2. The third-order valence-electron chi connectivity index (χ3n) is 6.35. The number of hydrogen-bond acceptors (Lipinski definition) is 6. The Bertz CT molecular complexity index is 1450. The first-order valence-corrected chi connectivity index (χ1v) is 11.9. The highest BCUT2D eigenvalue weighted by Gasteiger charge is 2.46. The van der Waals surface area contributed by atoms with E-state index in [1.54, 1.807) is 67.3 Å². The van der Waals surface area contributed by atoms with E-state index < -0.39 is 17.7 Å². The number of aliphatic hydroxyl groups excluding tert-OH is 1. The van der Waals surface area contributed by atoms with Crippen LogP contribution in [0.5, 0.6) is 5.75 Å². The Labute approximate surface area is 214 Å². The molecule has 3 heterocycles. The second-order valence-corrected chi connectivity index (χ2v) is 8.82. The number of nitrogens with zero attached hydrogens (tertiary/aromatic N) is 3. The summed E-state index contributed by atoms with van der Waals surface area (Å²) >= 11 is 0. The smallest absolute Gasteiger partial charge is 0.295 e. The molecule has 184 valence electrons. The van der Waals surface area contributed by atoms with Gasteiger partial charge in [0.15, 0.2) is 0 Å².